The number of para-hydroxylation sites is 1. The second kappa shape index (κ2) is 5.71. The lowest BCUT2D eigenvalue weighted by molar-refractivity contribution is 0.262. The molecule has 0 aliphatic rings. The number of nitrogens with one attached hydrogen (secondary N) is 3. The molecule has 0 saturated carbocycles. The van der Waals surface area contributed by atoms with E-state index in [0.29, 0.717) is 5.69 Å². The van der Waals surface area contributed by atoms with Crippen LogP contribution in [0.2, 0.25) is 0 Å². The van der Waals surface area contributed by atoms with Gasteiger partial charge in [0.2, 0.25) is 0 Å². The number of anilines is 2. The molecule has 21 heavy (non-hydrogen) atoms. The van der Waals surface area contributed by atoms with Gasteiger partial charge in [-0.25, -0.2) is 4.79 Å². The number of H-pyrrole nitrogens is 1. The Hall–Kier alpha value is -2.75. The van der Waals surface area contributed by atoms with Gasteiger partial charge in [-0.2, -0.15) is 0 Å². The summed E-state index contributed by atoms with van der Waals surface area (Å²) < 4.78 is 47.1. The van der Waals surface area contributed by atoms with Crippen LogP contribution in [0.5, 0.6) is 0 Å². The van der Waals surface area contributed by atoms with Crippen molar-refractivity contribution in [2.45, 2.75) is 13.3 Å². The molecule has 4 nitrogen and oxygen atoms in total. The lowest BCUT2D eigenvalue weighted by Gasteiger charge is -2.07. The molecule has 4 heteroatoms. The molecule has 1 aromatic heterocycles. The van der Waals surface area contributed by atoms with E-state index in [1.54, 1.807) is 6.20 Å². The maximum Gasteiger partial charge on any atom is 0.323 e. The molecule has 106 valence electrons. The van der Waals surface area contributed by atoms with E-state index in [1.165, 1.54) is 0 Å². The summed E-state index contributed by atoms with van der Waals surface area (Å²) >= 11 is 0. The van der Waals surface area contributed by atoms with E-state index in [9.17, 15) is 4.79 Å². The molecule has 3 rings (SSSR count). The highest BCUT2D eigenvalue weighted by atomic mass is 16.2. The van der Waals surface area contributed by atoms with Crippen LogP contribution >= 0.6 is 0 Å². The van der Waals surface area contributed by atoms with Crippen molar-refractivity contribution < 1.29 is 13.0 Å². The number of benzene rings is 2. The summed E-state index contributed by atoms with van der Waals surface area (Å²) in [7, 11) is 0. The lowest BCUT2D eigenvalue weighted by atomic mass is 10.1. The Balaban J connectivity index is 1.90. The smallest absolute Gasteiger partial charge is 0.323 e. The molecule has 0 saturated heterocycles. The van der Waals surface area contributed by atoms with Crippen LogP contribution in [-0.2, 0) is 6.40 Å². The van der Waals surface area contributed by atoms with E-state index in [-0.39, 0.29) is 18.2 Å². The molecule has 1 unspecified atom stereocenters. The Kier molecular flexibility index (Phi) is 2.14. The van der Waals surface area contributed by atoms with Gasteiger partial charge in [0.1, 0.15) is 0 Å². The summed E-state index contributed by atoms with van der Waals surface area (Å²) in [6, 6.07) is 4.88. The first-order chi connectivity index (χ1) is 12.8. The minimum atomic E-state index is -1.19. The van der Waals surface area contributed by atoms with E-state index in [2.05, 4.69) is 15.6 Å². The number of amides is 2. The maximum atomic E-state index is 12.3. The number of urea groups is 1. The van der Waals surface area contributed by atoms with Crippen molar-refractivity contribution in [3.05, 3.63) is 60.2 Å². The van der Waals surface area contributed by atoms with Crippen molar-refractivity contribution in [1.82, 2.24) is 4.98 Å². The van der Waals surface area contributed by atoms with Gasteiger partial charge < -0.3 is 15.6 Å². The second-order valence-electron chi connectivity index (χ2n) is 4.32. The average Bonchev–Trinajstić information content (AvgIpc) is 3.06. The van der Waals surface area contributed by atoms with Gasteiger partial charge in [0.15, 0.2) is 0 Å². The highest BCUT2D eigenvalue weighted by Crippen LogP contribution is 2.22. The predicted octanol–water partition coefficient (Wildman–Crippen LogP) is 4.37. The summed E-state index contributed by atoms with van der Waals surface area (Å²) in [6.45, 7) is -0.384. The van der Waals surface area contributed by atoms with Crippen molar-refractivity contribution in [2.75, 3.05) is 10.6 Å². The number of hydrogen-bond donors (Lipinski definition) is 3. The Labute approximate surface area is 131 Å². The van der Waals surface area contributed by atoms with Gasteiger partial charge in [-0.1, -0.05) is 37.2 Å². The average molecular weight is 285 g/mol. The monoisotopic (exact) mass is 285 g/mol. The molecule has 0 bridgehead atoms. The van der Waals surface area contributed by atoms with Crippen molar-refractivity contribution in [3.63, 3.8) is 0 Å². The largest absolute Gasteiger partial charge is 0.359 e. The quantitative estimate of drug-likeness (QED) is 0.657. The van der Waals surface area contributed by atoms with Crippen LogP contribution in [-0.4, -0.2) is 11.0 Å². The zero-order valence-electron chi connectivity index (χ0n) is 17.1. The van der Waals surface area contributed by atoms with E-state index in [0.717, 1.165) is 10.9 Å². The van der Waals surface area contributed by atoms with Gasteiger partial charge in [-0.05, 0) is 30.1 Å². The summed E-state index contributed by atoms with van der Waals surface area (Å²) in [5, 5.41) is 5.77. The topological polar surface area (TPSA) is 56.9 Å². The number of carbonyl (C=O) groups is 1. The Morgan fingerprint density at radius 2 is 2.10 bits per heavy atom. The van der Waals surface area contributed by atoms with Crippen molar-refractivity contribution in [2.24, 2.45) is 0 Å². The Morgan fingerprint density at radius 3 is 2.90 bits per heavy atom. The third-order valence-electron chi connectivity index (χ3n) is 2.92. The molecule has 0 fully saturated rings. The standard InChI is InChI=1S/C17H17N3O/c1-2-12-7-9-13(10-8-12)19-17(21)20-16-11-18-15-6-4-3-5-14(15)16/h3-11,18H,2H2,1H3,(H2,19,20,21)/i1D,2D,7D,8D,9D,10D. The summed E-state index contributed by atoms with van der Waals surface area (Å²) in [6.07, 6.45) is 0.425. The molecule has 3 N–H and O–H groups in total. The zero-order chi connectivity index (χ0) is 19.7. The van der Waals surface area contributed by atoms with Crippen LogP contribution in [0.1, 0.15) is 20.7 Å². The van der Waals surface area contributed by atoms with Crippen LogP contribution in [0.15, 0.2) is 54.6 Å². The second-order valence-corrected chi connectivity index (χ2v) is 4.32. The van der Waals surface area contributed by atoms with Gasteiger partial charge in [-0.15, -0.1) is 0 Å². The molecule has 0 radical (unpaired) electrons. The third kappa shape index (κ3) is 2.89. The molecule has 2 aromatic carbocycles. The highest BCUT2D eigenvalue weighted by Gasteiger charge is 2.07. The van der Waals surface area contributed by atoms with Crippen LogP contribution in [0, 0.1) is 0 Å². The number of aromatic nitrogens is 1. The van der Waals surface area contributed by atoms with Gasteiger partial charge in [0.05, 0.1) is 11.2 Å². The normalized spacial score (nSPS) is 16.0. The fourth-order valence-electron chi connectivity index (χ4n) is 1.93. The molecular weight excluding hydrogens is 262 g/mol. The minimum absolute atomic E-state index is 0.150. The predicted molar refractivity (Wildman–Crippen MR) is 86.8 cm³/mol. The van der Waals surface area contributed by atoms with Crippen LogP contribution in [0.4, 0.5) is 16.2 Å². The Bertz CT molecular complexity index is 990. The van der Waals surface area contributed by atoms with Gasteiger partial charge in [-0.3, -0.25) is 0 Å². The van der Waals surface area contributed by atoms with Crippen molar-refractivity contribution in [1.29, 1.82) is 0 Å². The molecule has 0 aliphatic carbocycles. The fraction of sp³-hybridized carbons (Fsp3) is 0.118. The van der Waals surface area contributed by atoms with E-state index < -0.39 is 36.6 Å². The Morgan fingerprint density at radius 1 is 1.29 bits per heavy atom. The molecule has 0 aliphatic heterocycles. The number of hydrogen-bond acceptors (Lipinski definition) is 1. The van der Waals surface area contributed by atoms with Gasteiger partial charge in [0, 0.05) is 25.5 Å². The maximum absolute atomic E-state index is 12.3. The number of rotatable bonds is 3. The number of fused-ring (bicyclic) bond motifs is 1. The number of carbonyl (C=O) groups excluding carboxylic acids is 1. The fourth-order valence-corrected chi connectivity index (χ4v) is 1.93. The molecular formula is C17H17N3O. The molecule has 2 amide bonds. The van der Waals surface area contributed by atoms with Gasteiger partial charge in [0.25, 0.3) is 0 Å². The van der Waals surface area contributed by atoms with Crippen LogP contribution in [0.25, 0.3) is 10.9 Å². The SMILES string of the molecule is [2H]CC([2H])c1c([2H])c([2H])c(NC(=O)Nc2c[nH]c3ccccc23)c([2H])c1[2H]. The molecule has 1 atom stereocenters. The van der Waals surface area contributed by atoms with E-state index >= 15 is 0 Å². The molecule has 3 aromatic rings. The molecule has 1 heterocycles. The van der Waals surface area contributed by atoms with E-state index in [1.807, 2.05) is 24.3 Å². The lowest BCUT2D eigenvalue weighted by Crippen LogP contribution is -2.19. The first-order valence-electron chi connectivity index (χ1n) is 9.59. The number of aromatic amines is 1. The minimum Gasteiger partial charge on any atom is -0.359 e. The van der Waals surface area contributed by atoms with Crippen molar-refractivity contribution in [3.8, 4) is 0 Å². The zero-order valence-corrected chi connectivity index (χ0v) is 11.1. The first-order valence-corrected chi connectivity index (χ1v) is 6.31. The summed E-state index contributed by atoms with van der Waals surface area (Å²) in [5.41, 5.74) is 0.916. The molecule has 0 spiro atoms. The summed E-state index contributed by atoms with van der Waals surface area (Å²) in [4.78, 5) is 15.3. The highest BCUT2D eigenvalue weighted by molar-refractivity contribution is 6.05. The van der Waals surface area contributed by atoms with Crippen LogP contribution < -0.4 is 10.6 Å². The third-order valence-corrected chi connectivity index (χ3v) is 2.92. The van der Waals surface area contributed by atoms with Crippen LogP contribution in [0.3, 0.4) is 0 Å². The van der Waals surface area contributed by atoms with Gasteiger partial charge >= 0.3 is 6.03 Å². The van der Waals surface area contributed by atoms with E-state index in [4.69, 9.17) is 8.22 Å². The first kappa shape index (κ1) is 7.88. The van der Waals surface area contributed by atoms with Crippen molar-refractivity contribution >= 4 is 28.3 Å². The summed E-state index contributed by atoms with van der Waals surface area (Å²) in [5.74, 6) is 0.